The monoisotopic (exact) mass is 1020 g/mol. The van der Waals surface area contributed by atoms with Gasteiger partial charge in [-0.1, -0.05) is 0 Å². The van der Waals surface area contributed by atoms with Gasteiger partial charge in [0, 0.05) is 21.2 Å². The molecule has 2 aromatic heterocycles. The fourth-order valence-electron chi connectivity index (χ4n) is 4.59. The summed E-state index contributed by atoms with van der Waals surface area (Å²) in [7, 11) is 3.07. The average molecular weight is 1030 g/mol. The van der Waals surface area contributed by atoms with Crippen molar-refractivity contribution in [2.24, 2.45) is 20.2 Å². The predicted octanol–water partition coefficient (Wildman–Crippen LogP) is 5.17. The molecule has 0 saturated carbocycles. The van der Waals surface area contributed by atoms with Crippen LogP contribution in [-0.2, 0) is 44.7 Å². The summed E-state index contributed by atoms with van der Waals surface area (Å²) < 4.78 is 31.1. The summed E-state index contributed by atoms with van der Waals surface area (Å²) in [5.74, 6) is -0.225. The van der Waals surface area contributed by atoms with Crippen LogP contribution < -0.4 is 22.0 Å². The zero-order chi connectivity index (χ0) is 37.4. The van der Waals surface area contributed by atoms with Gasteiger partial charge < -0.3 is 25.3 Å². The Bertz CT molecular complexity index is 2340. The van der Waals surface area contributed by atoms with E-state index in [4.69, 9.17) is 25.3 Å². The molecule has 0 saturated heterocycles. The van der Waals surface area contributed by atoms with E-state index in [-0.39, 0.29) is 52.6 Å². The Morgan fingerprint density at radius 3 is 1.36 bits per heavy atom. The number of aliphatic imine (C=N–C) groups is 2. The van der Waals surface area contributed by atoms with E-state index in [1.165, 1.54) is 84.2 Å². The first kappa shape index (κ1) is 41.6. The number of hydrogen-bond acceptors (Lipinski definition) is 10. The largest absolute Gasteiger partial charge is 2.00 e. The van der Waals surface area contributed by atoms with Crippen LogP contribution in [0.1, 0.15) is 11.6 Å². The van der Waals surface area contributed by atoms with Gasteiger partial charge in [0.1, 0.15) is 11.6 Å². The number of hydrogen-bond donors (Lipinski definition) is 2. The molecule has 0 spiro atoms. The third-order valence-electron chi connectivity index (χ3n) is 6.97. The van der Waals surface area contributed by atoms with E-state index in [0.29, 0.717) is 33.2 Å². The number of hydrazone groups is 2. The summed E-state index contributed by atoms with van der Waals surface area (Å²) in [5, 5.41) is 9.28. The van der Waals surface area contributed by atoms with Gasteiger partial charge in [0.15, 0.2) is 11.6 Å². The number of amidine groups is 2. The molecule has 12 nitrogen and oxygen atoms in total. The third-order valence-corrected chi connectivity index (χ3v) is 8.86. The van der Waals surface area contributed by atoms with Crippen LogP contribution in [0, 0.1) is 18.8 Å². The zero-order valence-electron chi connectivity index (χ0n) is 27.7. The molecule has 0 atom stereocenters. The number of halogens is 4. The van der Waals surface area contributed by atoms with E-state index in [2.05, 4.69) is 86.2 Å². The number of benzene rings is 4. The molecular weight excluding hydrogens is 1000 g/mol. The van der Waals surface area contributed by atoms with E-state index in [1.807, 2.05) is 12.1 Å². The Kier molecular flexibility index (Phi) is 15.1. The maximum absolute atomic E-state index is 13.3. The van der Waals surface area contributed by atoms with Gasteiger partial charge in [-0.25, -0.2) is 18.7 Å². The first-order valence-electron chi connectivity index (χ1n) is 14.8. The van der Waals surface area contributed by atoms with Gasteiger partial charge in [0.2, 0.25) is 0 Å². The standard InChI is InChI=1S/2C17H13FIN5OS.Zn/c2*1-20-17(26)23-21-9-15-22-14-7-4-11(19)8-13(14)16(25)24(15)12-5-2-10(18)3-6-12;/h2*2-9H,1H3,(H2,20,23,26);/q;;+2/p-2/b2*21-9+;. The molecule has 0 amide bonds. The molecule has 0 unspecified atom stereocenters. The van der Waals surface area contributed by atoms with Crippen molar-refractivity contribution < 1.29 is 28.3 Å². The molecule has 6 aromatic rings. The second-order valence-corrected chi connectivity index (χ2v) is 13.6. The van der Waals surface area contributed by atoms with Gasteiger partial charge in [-0.05, 0) is 140 Å². The molecule has 0 radical (unpaired) electrons. The van der Waals surface area contributed by atoms with Crippen LogP contribution in [0.25, 0.3) is 33.2 Å². The molecule has 0 aliphatic carbocycles. The van der Waals surface area contributed by atoms with Crippen molar-refractivity contribution >= 4 is 115 Å². The summed E-state index contributed by atoms with van der Waals surface area (Å²) in [6.45, 7) is 0. The maximum Gasteiger partial charge on any atom is 2.00 e. The van der Waals surface area contributed by atoms with Gasteiger partial charge in [0.25, 0.3) is 11.1 Å². The normalized spacial score (nSPS) is 11.8. The molecule has 0 aliphatic heterocycles. The molecule has 264 valence electrons. The number of fused-ring (bicyclic) bond motifs is 2. The van der Waals surface area contributed by atoms with E-state index in [1.54, 1.807) is 24.3 Å². The number of nitrogens with one attached hydrogen (secondary N) is 2. The molecule has 53 heavy (non-hydrogen) atoms. The first-order valence-corrected chi connectivity index (χ1v) is 17.8. The molecule has 6 rings (SSSR count). The predicted molar refractivity (Wildman–Crippen MR) is 223 cm³/mol. The second kappa shape index (κ2) is 19.2. The van der Waals surface area contributed by atoms with Crippen LogP contribution in [0.2, 0.25) is 0 Å². The van der Waals surface area contributed by atoms with Crippen LogP contribution in [0.3, 0.4) is 0 Å². The molecule has 0 bridgehead atoms. The average Bonchev–Trinajstić information content (AvgIpc) is 3.13. The first-order chi connectivity index (χ1) is 25.0. The van der Waals surface area contributed by atoms with Crippen LogP contribution in [-0.4, -0.2) is 56.0 Å². The summed E-state index contributed by atoms with van der Waals surface area (Å²) in [6, 6.07) is 21.9. The van der Waals surface area contributed by atoms with Gasteiger partial charge in [-0.3, -0.25) is 39.6 Å². The van der Waals surface area contributed by atoms with Crippen LogP contribution in [0.4, 0.5) is 8.78 Å². The quantitative estimate of drug-likeness (QED) is 0.0582. The molecule has 4 aromatic carbocycles. The van der Waals surface area contributed by atoms with Crippen LogP contribution in [0.5, 0.6) is 0 Å². The smallest absolute Gasteiger partial charge is 0.741 e. The minimum Gasteiger partial charge on any atom is -0.741 e. The maximum atomic E-state index is 13.3. The fraction of sp³-hybridized carbons (Fsp3) is 0.0588. The van der Waals surface area contributed by atoms with E-state index < -0.39 is 11.6 Å². The Hall–Kier alpha value is -4.18. The zero-order valence-corrected chi connectivity index (χ0v) is 36.6. The van der Waals surface area contributed by atoms with Crippen molar-refractivity contribution in [3.63, 3.8) is 0 Å². The van der Waals surface area contributed by atoms with Crippen molar-refractivity contribution in [2.45, 2.75) is 0 Å². The minimum atomic E-state index is -0.392. The Balaban J connectivity index is 0.000000232. The van der Waals surface area contributed by atoms with Crippen molar-refractivity contribution in [1.82, 2.24) is 30.0 Å². The molecule has 0 fully saturated rings. The van der Waals surface area contributed by atoms with Crippen molar-refractivity contribution in [3.05, 3.63) is 136 Å². The number of aromatic nitrogens is 4. The van der Waals surface area contributed by atoms with E-state index in [0.717, 1.165) is 7.14 Å². The van der Waals surface area contributed by atoms with Gasteiger partial charge in [-0.2, -0.15) is 10.2 Å². The van der Waals surface area contributed by atoms with Gasteiger partial charge >= 0.3 is 19.5 Å². The van der Waals surface area contributed by atoms with Crippen LogP contribution in [0.15, 0.2) is 115 Å². The summed E-state index contributed by atoms with van der Waals surface area (Å²) >= 11 is 14.1. The molecule has 2 heterocycles. The summed E-state index contributed by atoms with van der Waals surface area (Å²) in [6.07, 6.45) is 2.75. The molecular formula is C34H24F2I2N10O2S2Zn. The minimum absolute atomic E-state index is 0. The van der Waals surface area contributed by atoms with Gasteiger partial charge in [0.05, 0.1) is 45.6 Å². The van der Waals surface area contributed by atoms with Crippen LogP contribution >= 0.6 is 45.2 Å². The van der Waals surface area contributed by atoms with Crippen molar-refractivity contribution in [2.75, 3.05) is 14.1 Å². The molecule has 2 N–H and O–H groups in total. The third kappa shape index (κ3) is 10.5. The Morgan fingerprint density at radius 1 is 0.660 bits per heavy atom. The SMILES string of the molecule is CN=C([S-])N/N=C/c1nc2ccc(I)cc2c(=O)n1-c1ccc(F)cc1.CN=C([S-])N/N=C/c1nc2ccc(I)cc2c(=O)n1-c1ccc(F)cc1.[Zn+2]. The van der Waals surface area contributed by atoms with Crippen molar-refractivity contribution in [1.29, 1.82) is 0 Å². The fourth-order valence-corrected chi connectivity index (χ4v) is 5.68. The van der Waals surface area contributed by atoms with E-state index >= 15 is 0 Å². The Morgan fingerprint density at radius 2 is 1.02 bits per heavy atom. The summed E-state index contributed by atoms with van der Waals surface area (Å²) in [4.78, 5) is 42.6. The van der Waals surface area contributed by atoms with Crippen molar-refractivity contribution in [3.8, 4) is 11.4 Å². The topological polar surface area (TPSA) is 143 Å². The molecule has 0 aliphatic rings. The Labute approximate surface area is 351 Å². The number of nitrogens with zero attached hydrogens (tertiary/aromatic N) is 8. The summed E-state index contributed by atoms with van der Waals surface area (Å²) in [5.41, 5.74) is 6.62. The van der Waals surface area contributed by atoms with E-state index in [9.17, 15) is 18.4 Å². The second-order valence-electron chi connectivity index (χ2n) is 10.3. The van der Waals surface area contributed by atoms with Gasteiger partial charge in [-0.15, -0.1) is 0 Å². The molecule has 19 heteroatoms. The number of rotatable bonds is 6.